The summed E-state index contributed by atoms with van der Waals surface area (Å²) in [5, 5.41) is 10.2. The molecule has 1 heterocycles. The van der Waals surface area contributed by atoms with Crippen molar-refractivity contribution in [1.29, 1.82) is 0 Å². The number of hydrogen-bond donors (Lipinski definition) is 1. The molecule has 0 atom stereocenters. The first-order valence-corrected chi connectivity index (χ1v) is 3.11. The Morgan fingerprint density at radius 2 is 2.55 bits per heavy atom. The van der Waals surface area contributed by atoms with E-state index in [0.29, 0.717) is 13.1 Å². The summed E-state index contributed by atoms with van der Waals surface area (Å²) in [5.41, 5.74) is 5.22. The zero-order valence-corrected chi connectivity index (χ0v) is 5.80. The van der Waals surface area contributed by atoms with Gasteiger partial charge in [-0.05, 0) is 4.92 Å². The standard InChI is InChI=1S/C5H8N4O2/c6-1-3-8-4-2-7-5(8)9(10)11/h2,4H,1,3,6H2. The molecular weight excluding hydrogens is 148 g/mol. The lowest BCUT2D eigenvalue weighted by Crippen LogP contribution is -2.11. The lowest BCUT2D eigenvalue weighted by molar-refractivity contribution is -0.396. The van der Waals surface area contributed by atoms with Gasteiger partial charge in [0.15, 0.2) is 0 Å². The molecule has 11 heavy (non-hydrogen) atoms. The van der Waals surface area contributed by atoms with E-state index in [1.54, 1.807) is 0 Å². The molecule has 1 rings (SSSR count). The molecule has 0 aromatic carbocycles. The number of rotatable bonds is 3. The predicted octanol–water partition coefficient (Wildman–Crippen LogP) is -0.250. The van der Waals surface area contributed by atoms with Gasteiger partial charge in [-0.25, -0.2) is 4.57 Å². The molecular formula is C5H8N4O2. The third kappa shape index (κ3) is 1.53. The van der Waals surface area contributed by atoms with Crippen molar-refractivity contribution in [3.8, 4) is 0 Å². The van der Waals surface area contributed by atoms with Crippen LogP contribution in [0.25, 0.3) is 0 Å². The molecule has 1 aromatic rings. The Balaban J connectivity index is 2.87. The summed E-state index contributed by atoms with van der Waals surface area (Å²) in [6.07, 6.45) is 2.92. The van der Waals surface area contributed by atoms with Crippen LogP contribution >= 0.6 is 0 Å². The first-order chi connectivity index (χ1) is 5.25. The molecule has 0 spiro atoms. The Kier molecular flexibility index (Phi) is 2.17. The van der Waals surface area contributed by atoms with Crippen molar-refractivity contribution in [3.63, 3.8) is 0 Å². The van der Waals surface area contributed by atoms with Crippen LogP contribution in [-0.2, 0) is 6.54 Å². The summed E-state index contributed by atoms with van der Waals surface area (Å²) in [6.45, 7) is 0.799. The molecule has 0 saturated heterocycles. The molecule has 0 saturated carbocycles. The predicted molar refractivity (Wildman–Crippen MR) is 37.9 cm³/mol. The highest BCUT2D eigenvalue weighted by molar-refractivity contribution is 5.06. The van der Waals surface area contributed by atoms with Crippen molar-refractivity contribution >= 4 is 5.95 Å². The molecule has 60 valence electrons. The zero-order valence-electron chi connectivity index (χ0n) is 5.80. The fourth-order valence-corrected chi connectivity index (χ4v) is 0.787. The average Bonchev–Trinajstić information content (AvgIpc) is 2.36. The highest BCUT2D eigenvalue weighted by Gasteiger charge is 2.11. The fourth-order valence-electron chi connectivity index (χ4n) is 0.787. The van der Waals surface area contributed by atoms with Crippen LogP contribution in [0, 0.1) is 10.1 Å². The molecule has 0 radical (unpaired) electrons. The van der Waals surface area contributed by atoms with E-state index in [2.05, 4.69) is 4.98 Å². The Morgan fingerprint density at radius 1 is 1.82 bits per heavy atom. The van der Waals surface area contributed by atoms with Gasteiger partial charge in [0.2, 0.25) is 0 Å². The van der Waals surface area contributed by atoms with Gasteiger partial charge in [0.05, 0.1) is 6.54 Å². The van der Waals surface area contributed by atoms with Crippen LogP contribution in [-0.4, -0.2) is 21.0 Å². The molecule has 1 aromatic heterocycles. The third-order valence-corrected chi connectivity index (χ3v) is 1.23. The second-order valence-corrected chi connectivity index (χ2v) is 1.97. The lowest BCUT2D eigenvalue weighted by Gasteiger charge is -1.96. The molecule has 0 unspecified atom stereocenters. The van der Waals surface area contributed by atoms with E-state index >= 15 is 0 Å². The summed E-state index contributed by atoms with van der Waals surface area (Å²) in [4.78, 5) is 13.2. The Labute approximate surface area is 62.8 Å². The summed E-state index contributed by atoms with van der Waals surface area (Å²) in [5.74, 6) is -0.157. The van der Waals surface area contributed by atoms with E-state index in [9.17, 15) is 10.1 Å². The van der Waals surface area contributed by atoms with E-state index in [1.807, 2.05) is 0 Å². The van der Waals surface area contributed by atoms with Gasteiger partial charge in [-0.15, -0.1) is 0 Å². The number of imidazole rings is 1. The molecule has 0 amide bonds. The van der Waals surface area contributed by atoms with Gasteiger partial charge in [0.1, 0.15) is 12.4 Å². The largest absolute Gasteiger partial charge is 0.434 e. The molecule has 2 N–H and O–H groups in total. The summed E-state index contributed by atoms with van der Waals surface area (Å²) in [7, 11) is 0. The van der Waals surface area contributed by atoms with Gasteiger partial charge in [-0.1, -0.05) is 4.98 Å². The van der Waals surface area contributed by atoms with Gasteiger partial charge in [-0.2, -0.15) is 0 Å². The number of nitro groups is 1. The Bertz CT molecular complexity index is 257. The second-order valence-electron chi connectivity index (χ2n) is 1.97. The minimum Gasteiger partial charge on any atom is -0.390 e. The van der Waals surface area contributed by atoms with Crippen LogP contribution in [0.2, 0.25) is 0 Å². The van der Waals surface area contributed by atoms with Crippen molar-refractivity contribution in [3.05, 3.63) is 22.5 Å². The van der Waals surface area contributed by atoms with Gasteiger partial charge < -0.3 is 15.8 Å². The number of hydrogen-bond acceptors (Lipinski definition) is 4. The van der Waals surface area contributed by atoms with Crippen molar-refractivity contribution < 1.29 is 4.92 Å². The first-order valence-electron chi connectivity index (χ1n) is 3.11. The topological polar surface area (TPSA) is 87.0 Å². The summed E-state index contributed by atoms with van der Waals surface area (Å²) >= 11 is 0. The number of nitrogens with two attached hydrogens (primary N) is 1. The van der Waals surface area contributed by atoms with Crippen molar-refractivity contribution in [1.82, 2.24) is 9.55 Å². The molecule has 0 aliphatic heterocycles. The van der Waals surface area contributed by atoms with E-state index in [0.717, 1.165) is 0 Å². The summed E-state index contributed by atoms with van der Waals surface area (Å²) in [6, 6.07) is 0. The minimum atomic E-state index is -0.532. The maximum atomic E-state index is 10.2. The highest BCUT2D eigenvalue weighted by atomic mass is 16.6. The molecule has 0 fully saturated rings. The van der Waals surface area contributed by atoms with Crippen LogP contribution in [0.5, 0.6) is 0 Å². The summed E-state index contributed by atoms with van der Waals surface area (Å²) < 4.78 is 1.40. The monoisotopic (exact) mass is 156 g/mol. The second kappa shape index (κ2) is 3.11. The van der Waals surface area contributed by atoms with Crippen molar-refractivity contribution in [2.24, 2.45) is 5.73 Å². The number of aromatic nitrogens is 2. The molecule has 0 aliphatic carbocycles. The molecule has 6 nitrogen and oxygen atoms in total. The van der Waals surface area contributed by atoms with Crippen LogP contribution in [0.1, 0.15) is 0 Å². The molecule has 0 bridgehead atoms. The lowest BCUT2D eigenvalue weighted by atomic mass is 10.6. The van der Waals surface area contributed by atoms with Gasteiger partial charge in [0, 0.05) is 6.54 Å². The van der Waals surface area contributed by atoms with E-state index in [4.69, 9.17) is 5.73 Å². The Morgan fingerprint density at radius 3 is 3.09 bits per heavy atom. The van der Waals surface area contributed by atoms with Gasteiger partial charge in [0.25, 0.3) is 0 Å². The minimum absolute atomic E-state index is 0.157. The third-order valence-electron chi connectivity index (χ3n) is 1.23. The van der Waals surface area contributed by atoms with Crippen LogP contribution in [0.15, 0.2) is 12.4 Å². The average molecular weight is 156 g/mol. The van der Waals surface area contributed by atoms with Crippen molar-refractivity contribution in [2.45, 2.75) is 6.54 Å². The zero-order chi connectivity index (χ0) is 8.27. The number of nitrogens with zero attached hydrogens (tertiary/aromatic N) is 3. The van der Waals surface area contributed by atoms with E-state index in [1.165, 1.54) is 17.0 Å². The maximum Gasteiger partial charge on any atom is 0.434 e. The first kappa shape index (κ1) is 7.67. The van der Waals surface area contributed by atoms with Gasteiger partial charge >= 0.3 is 5.95 Å². The van der Waals surface area contributed by atoms with E-state index in [-0.39, 0.29) is 5.95 Å². The maximum absolute atomic E-state index is 10.2. The highest BCUT2D eigenvalue weighted by Crippen LogP contribution is 2.05. The molecule has 6 heteroatoms. The SMILES string of the molecule is NCCn1ccnc1[N+](=O)[O-]. The fraction of sp³-hybridized carbons (Fsp3) is 0.400. The normalized spacial score (nSPS) is 9.91. The van der Waals surface area contributed by atoms with Crippen LogP contribution in [0.3, 0.4) is 0 Å². The van der Waals surface area contributed by atoms with E-state index < -0.39 is 4.92 Å². The smallest absolute Gasteiger partial charge is 0.390 e. The van der Waals surface area contributed by atoms with Crippen molar-refractivity contribution in [2.75, 3.05) is 6.54 Å². The van der Waals surface area contributed by atoms with Gasteiger partial charge in [-0.3, -0.25) is 0 Å². The quantitative estimate of drug-likeness (QED) is 0.482. The van der Waals surface area contributed by atoms with Crippen LogP contribution in [0.4, 0.5) is 5.95 Å². The van der Waals surface area contributed by atoms with Crippen LogP contribution < -0.4 is 5.73 Å². The Hall–Kier alpha value is -1.43. The molecule has 0 aliphatic rings.